The van der Waals surface area contributed by atoms with Gasteiger partial charge in [-0.05, 0) is 37.9 Å². The highest BCUT2D eigenvalue weighted by Crippen LogP contribution is 2.16. The zero-order valence-electron chi connectivity index (χ0n) is 16.1. The maximum absolute atomic E-state index is 12.6. The van der Waals surface area contributed by atoms with Crippen molar-refractivity contribution in [1.29, 1.82) is 0 Å². The third-order valence-corrected chi connectivity index (χ3v) is 5.37. The number of hydrogen-bond acceptors (Lipinski definition) is 7. The van der Waals surface area contributed by atoms with Crippen LogP contribution in [0.1, 0.15) is 31.6 Å². The lowest BCUT2D eigenvalue weighted by molar-refractivity contribution is -0.131. The Morgan fingerprint density at radius 2 is 2.18 bits per heavy atom. The summed E-state index contributed by atoms with van der Waals surface area (Å²) < 4.78 is 11.0. The first-order valence-electron chi connectivity index (χ1n) is 10.1. The molecule has 2 aliphatic heterocycles. The third-order valence-electron chi connectivity index (χ3n) is 5.37. The van der Waals surface area contributed by atoms with Gasteiger partial charge in [-0.15, -0.1) is 0 Å². The van der Waals surface area contributed by atoms with Crippen LogP contribution in [0.2, 0.25) is 0 Å². The van der Waals surface area contributed by atoms with Crippen LogP contribution in [0.15, 0.2) is 29.0 Å². The summed E-state index contributed by atoms with van der Waals surface area (Å²) in [5.41, 5.74) is 0.808. The summed E-state index contributed by atoms with van der Waals surface area (Å²) >= 11 is 0. The van der Waals surface area contributed by atoms with Gasteiger partial charge in [0.05, 0.1) is 6.10 Å². The largest absolute Gasteiger partial charge is 0.377 e. The molecule has 2 aromatic rings. The number of hydrogen-bond donors (Lipinski definition) is 0. The number of rotatable bonds is 6. The number of nitrogens with zero attached hydrogens (tertiary/aromatic N) is 5. The van der Waals surface area contributed by atoms with Crippen LogP contribution in [0.4, 0.5) is 0 Å². The van der Waals surface area contributed by atoms with Crippen molar-refractivity contribution in [1.82, 2.24) is 24.9 Å². The monoisotopic (exact) mass is 385 g/mol. The van der Waals surface area contributed by atoms with Gasteiger partial charge >= 0.3 is 0 Å². The molecule has 0 N–H and O–H groups in total. The molecule has 2 saturated heterocycles. The summed E-state index contributed by atoms with van der Waals surface area (Å²) in [4.78, 5) is 25.5. The average molecular weight is 385 g/mol. The fourth-order valence-corrected chi connectivity index (χ4v) is 3.82. The third kappa shape index (κ3) is 4.94. The van der Waals surface area contributed by atoms with Crippen molar-refractivity contribution in [2.45, 2.75) is 38.2 Å². The second kappa shape index (κ2) is 9.25. The average Bonchev–Trinajstić information content (AvgIpc) is 3.36. The van der Waals surface area contributed by atoms with Gasteiger partial charge in [0.2, 0.25) is 17.6 Å². The summed E-state index contributed by atoms with van der Waals surface area (Å²) in [7, 11) is 0. The molecule has 2 aromatic heterocycles. The van der Waals surface area contributed by atoms with E-state index in [0.717, 1.165) is 57.7 Å². The lowest BCUT2D eigenvalue weighted by Gasteiger charge is -2.24. The van der Waals surface area contributed by atoms with Gasteiger partial charge in [0.1, 0.15) is 0 Å². The molecule has 0 radical (unpaired) electrons. The van der Waals surface area contributed by atoms with Crippen molar-refractivity contribution in [3.63, 3.8) is 0 Å². The number of amides is 1. The standard InChI is InChI=1S/C20H27N5O3/c26-19(7-6-18-22-20(23-28-18)16-4-1-8-21-14-16)25-10-3-9-24(11-12-25)15-17-5-2-13-27-17/h1,4,8,14,17H,2-3,5-7,9-13,15H2/t17-/m1/s1. The molecule has 28 heavy (non-hydrogen) atoms. The number of aryl methyl sites for hydroxylation is 1. The number of aromatic nitrogens is 3. The second-order valence-corrected chi connectivity index (χ2v) is 7.42. The molecule has 0 bridgehead atoms. The van der Waals surface area contributed by atoms with E-state index in [4.69, 9.17) is 9.26 Å². The number of ether oxygens (including phenoxy) is 1. The van der Waals surface area contributed by atoms with E-state index >= 15 is 0 Å². The molecule has 150 valence electrons. The Morgan fingerprint density at radius 3 is 3.00 bits per heavy atom. The first-order chi connectivity index (χ1) is 13.8. The highest BCUT2D eigenvalue weighted by Gasteiger charge is 2.23. The smallest absolute Gasteiger partial charge is 0.227 e. The Bertz CT molecular complexity index is 760. The Morgan fingerprint density at radius 1 is 1.21 bits per heavy atom. The van der Waals surface area contributed by atoms with Gasteiger partial charge in [0, 0.05) is 63.6 Å². The fourth-order valence-electron chi connectivity index (χ4n) is 3.82. The van der Waals surface area contributed by atoms with Crippen molar-refractivity contribution in [2.24, 2.45) is 0 Å². The van der Waals surface area contributed by atoms with Crippen molar-refractivity contribution in [3.05, 3.63) is 30.4 Å². The molecular weight excluding hydrogens is 358 g/mol. The molecule has 1 atom stereocenters. The number of carbonyl (C=O) groups excluding carboxylic acids is 1. The van der Waals surface area contributed by atoms with Gasteiger partial charge in [0.15, 0.2) is 0 Å². The van der Waals surface area contributed by atoms with Crippen molar-refractivity contribution in [3.8, 4) is 11.4 Å². The topological polar surface area (TPSA) is 84.6 Å². The molecule has 1 amide bonds. The van der Waals surface area contributed by atoms with Crippen molar-refractivity contribution in [2.75, 3.05) is 39.3 Å². The summed E-state index contributed by atoms with van der Waals surface area (Å²) in [5, 5.41) is 3.98. The van der Waals surface area contributed by atoms with Crippen molar-refractivity contribution >= 4 is 5.91 Å². The molecule has 0 spiro atoms. The van der Waals surface area contributed by atoms with Gasteiger partial charge in [-0.3, -0.25) is 14.7 Å². The predicted octanol–water partition coefficient (Wildman–Crippen LogP) is 1.78. The first kappa shape index (κ1) is 19.0. The molecule has 4 rings (SSSR count). The lowest BCUT2D eigenvalue weighted by atomic mass is 10.2. The molecule has 0 saturated carbocycles. The number of pyridine rings is 1. The maximum atomic E-state index is 12.6. The van der Waals surface area contributed by atoms with Crippen LogP contribution in [-0.2, 0) is 16.0 Å². The van der Waals surface area contributed by atoms with Crippen LogP contribution in [0.25, 0.3) is 11.4 Å². The molecule has 0 aliphatic carbocycles. The van der Waals surface area contributed by atoms with Crippen molar-refractivity contribution < 1.29 is 14.1 Å². The molecule has 2 aliphatic rings. The Labute approximate surface area is 164 Å². The molecule has 8 heteroatoms. The highest BCUT2D eigenvalue weighted by molar-refractivity contribution is 5.76. The van der Waals surface area contributed by atoms with Gasteiger partial charge in [0.25, 0.3) is 0 Å². The van der Waals surface area contributed by atoms with E-state index in [1.165, 1.54) is 6.42 Å². The van der Waals surface area contributed by atoms with Crippen LogP contribution in [0.5, 0.6) is 0 Å². The SMILES string of the molecule is O=C(CCc1nc(-c2cccnc2)no1)N1CCCN(C[C@H]2CCCO2)CC1. The molecule has 0 unspecified atom stereocenters. The molecule has 4 heterocycles. The minimum atomic E-state index is 0.153. The Balaban J connectivity index is 1.24. The highest BCUT2D eigenvalue weighted by atomic mass is 16.5. The van der Waals surface area contributed by atoms with Gasteiger partial charge in [-0.1, -0.05) is 5.16 Å². The summed E-state index contributed by atoms with van der Waals surface area (Å²) in [6.45, 7) is 5.41. The second-order valence-electron chi connectivity index (χ2n) is 7.42. The number of carbonyl (C=O) groups is 1. The molecule has 0 aromatic carbocycles. The quantitative estimate of drug-likeness (QED) is 0.749. The minimum Gasteiger partial charge on any atom is -0.377 e. The van der Waals surface area contributed by atoms with Gasteiger partial charge in [-0.25, -0.2) is 0 Å². The summed E-state index contributed by atoms with van der Waals surface area (Å²) in [6.07, 6.45) is 7.94. The molecule has 8 nitrogen and oxygen atoms in total. The van der Waals surface area contributed by atoms with Crippen LogP contribution in [-0.4, -0.2) is 76.3 Å². The van der Waals surface area contributed by atoms with Crippen LogP contribution >= 0.6 is 0 Å². The van der Waals surface area contributed by atoms with E-state index in [1.54, 1.807) is 12.4 Å². The van der Waals surface area contributed by atoms with E-state index in [-0.39, 0.29) is 5.91 Å². The first-order valence-corrected chi connectivity index (χ1v) is 10.1. The van der Waals surface area contributed by atoms with E-state index < -0.39 is 0 Å². The van der Waals surface area contributed by atoms with E-state index in [1.807, 2.05) is 17.0 Å². The van der Waals surface area contributed by atoms with Crippen LogP contribution < -0.4 is 0 Å². The Hall–Kier alpha value is -2.32. The van der Waals surface area contributed by atoms with Crippen LogP contribution in [0, 0.1) is 0 Å². The Kier molecular flexibility index (Phi) is 6.28. The van der Waals surface area contributed by atoms with E-state index in [2.05, 4.69) is 20.0 Å². The lowest BCUT2D eigenvalue weighted by Crippen LogP contribution is -2.37. The summed E-state index contributed by atoms with van der Waals surface area (Å²) in [5.74, 6) is 1.15. The van der Waals surface area contributed by atoms with Gasteiger partial charge in [-0.2, -0.15) is 4.98 Å². The molecular formula is C20H27N5O3. The van der Waals surface area contributed by atoms with Crippen LogP contribution in [0.3, 0.4) is 0 Å². The fraction of sp³-hybridized carbons (Fsp3) is 0.600. The maximum Gasteiger partial charge on any atom is 0.227 e. The normalized spacial score (nSPS) is 21.0. The van der Waals surface area contributed by atoms with E-state index in [9.17, 15) is 4.79 Å². The zero-order chi connectivity index (χ0) is 19.2. The summed E-state index contributed by atoms with van der Waals surface area (Å²) in [6, 6.07) is 3.71. The van der Waals surface area contributed by atoms with Gasteiger partial charge < -0.3 is 14.2 Å². The predicted molar refractivity (Wildman–Crippen MR) is 102 cm³/mol. The van der Waals surface area contributed by atoms with E-state index in [0.29, 0.717) is 30.7 Å². The molecule has 2 fully saturated rings. The zero-order valence-corrected chi connectivity index (χ0v) is 16.1. The minimum absolute atomic E-state index is 0.153.